The standard InChI is InChI=1S/C18H14N2O2S/c21-16-15(11-13-7-3-1-4-8-13)17(22)20-18(19-16)23-12-14-9-5-2-6-10-14/h1-11H,12H2,(H,19,20,21,22). The third kappa shape index (κ3) is 3.96. The highest BCUT2D eigenvalue weighted by atomic mass is 32.2. The van der Waals surface area contributed by atoms with Crippen LogP contribution in [0.4, 0.5) is 0 Å². The predicted molar refractivity (Wildman–Crippen MR) is 92.7 cm³/mol. The number of rotatable bonds is 3. The highest BCUT2D eigenvalue weighted by Gasteiger charge is 2.25. The Morgan fingerprint density at radius 3 is 2.26 bits per heavy atom. The van der Waals surface area contributed by atoms with Gasteiger partial charge in [-0.3, -0.25) is 9.59 Å². The third-order valence-corrected chi connectivity index (χ3v) is 4.17. The lowest BCUT2D eigenvalue weighted by Gasteiger charge is -2.14. The molecule has 0 saturated carbocycles. The number of benzene rings is 2. The molecule has 0 aromatic heterocycles. The van der Waals surface area contributed by atoms with Crippen molar-refractivity contribution in [1.29, 1.82) is 0 Å². The lowest BCUT2D eigenvalue weighted by molar-refractivity contribution is -0.121. The molecule has 0 atom stereocenters. The molecule has 0 bridgehead atoms. The Labute approximate surface area is 138 Å². The maximum Gasteiger partial charge on any atom is 0.285 e. The fourth-order valence-corrected chi connectivity index (χ4v) is 2.89. The van der Waals surface area contributed by atoms with Crippen LogP contribution in [-0.2, 0) is 15.3 Å². The minimum Gasteiger partial charge on any atom is -0.301 e. The summed E-state index contributed by atoms with van der Waals surface area (Å²) in [5, 5.41) is 3.01. The molecule has 5 heteroatoms. The van der Waals surface area contributed by atoms with Crippen molar-refractivity contribution in [3.05, 3.63) is 77.4 Å². The summed E-state index contributed by atoms with van der Waals surface area (Å²) in [5.41, 5.74) is 1.95. The lowest BCUT2D eigenvalue weighted by Crippen LogP contribution is -2.37. The zero-order valence-corrected chi connectivity index (χ0v) is 13.0. The van der Waals surface area contributed by atoms with Crippen molar-refractivity contribution in [1.82, 2.24) is 5.32 Å². The largest absolute Gasteiger partial charge is 0.301 e. The van der Waals surface area contributed by atoms with E-state index in [1.165, 1.54) is 11.8 Å². The van der Waals surface area contributed by atoms with E-state index in [0.29, 0.717) is 10.9 Å². The Morgan fingerprint density at radius 2 is 1.61 bits per heavy atom. The molecule has 0 unspecified atom stereocenters. The van der Waals surface area contributed by atoms with Crippen molar-refractivity contribution in [2.45, 2.75) is 5.75 Å². The number of carbonyl (C=O) groups is 2. The number of amides is 2. The van der Waals surface area contributed by atoms with Crippen molar-refractivity contribution in [3.8, 4) is 0 Å². The van der Waals surface area contributed by atoms with Gasteiger partial charge in [0.25, 0.3) is 11.8 Å². The number of thioether (sulfide) groups is 1. The van der Waals surface area contributed by atoms with Gasteiger partial charge >= 0.3 is 0 Å². The Bertz CT molecular complexity index is 783. The van der Waals surface area contributed by atoms with Crippen molar-refractivity contribution in [2.24, 2.45) is 4.99 Å². The first-order valence-electron chi connectivity index (χ1n) is 7.10. The van der Waals surface area contributed by atoms with Crippen LogP contribution in [0.1, 0.15) is 11.1 Å². The number of hydrogen-bond donors (Lipinski definition) is 1. The minimum absolute atomic E-state index is 0.0558. The Kier molecular flexibility index (Phi) is 4.68. The maximum atomic E-state index is 12.1. The summed E-state index contributed by atoms with van der Waals surface area (Å²) >= 11 is 1.34. The normalized spacial score (nSPS) is 16.2. The van der Waals surface area contributed by atoms with E-state index in [2.05, 4.69) is 10.3 Å². The predicted octanol–water partition coefficient (Wildman–Crippen LogP) is 3.02. The summed E-state index contributed by atoms with van der Waals surface area (Å²) in [6.45, 7) is 0. The highest BCUT2D eigenvalue weighted by molar-refractivity contribution is 8.13. The summed E-state index contributed by atoms with van der Waals surface area (Å²) in [4.78, 5) is 28.2. The Balaban J connectivity index is 1.73. The summed E-state index contributed by atoms with van der Waals surface area (Å²) in [6, 6.07) is 19.0. The molecule has 3 rings (SSSR count). The Hall–Kier alpha value is -2.66. The molecule has 2 aromatic carbocycles. The molecule has 2 amide bonds. The molecular weight excluding hydrogens is 308 g/mol. The molecule has 1 N–H and O–H groups in total. The van der Waals surface area contributed by atoms with Crippen LogP contribution in [0.5, 0.6) is 0 Å². The first-order valence-corrected chi connectivity index (χ1v) is 8.09. The van der Waals surface area contributed by atoms with E-state index in [-0.39, 0.29) is 5.57 Å². The zero-order valence-electron chi connectivity index (χ0n) is 12.2. The van der Waals surface area contributed by atoms with Gasteiger partial charge in [0.1, 0.15) is 5.57 Å². The first kappa shape index (κ1) is 15.2. The molecule has 2 aromatic rings. The van der Waals surface area contributed by atoms with E-state index in [9.17, 15) is 9.59 Å². The highest BCUT2D eigenvalue weighted by Crippen LogP contribution is 2.18. The average molecular weight is 322 g/mol. The van der Waals surface area contributed by atoms with E-state index < -0.39 is 11.8 Å². The number of hydrogen-bond acceptors (Lipinski definition) is 3. The number of aliphatic imine (C=N–C) groups is 1. The molecule has 1 aliphatic rings. The fraction of sp³-hybridized carbons (Fsp3) is 0.0556. The quantitative estimate of drug-likeness (QED) is 0.698. The van der Waals surface area contributed by atoms with Crippen molar-refractivity contribution in [3.63, 3.8) is 0 Å². The number of amidine groups is 1. The van der Waals surface area contributed by atoms with Gasteiger partial charge in [0.05, 0.1) is 0 Å². The van der Waals surface area contributed by atoms with Crippen LogP contribution in [0.15, 0.2) is 71.2 Å². The molecule has 0 aliphatic carbocycles. The van der Waals surface area contributed by atoms with Crippen LogP contribution in [0.2, 0.25) is 0 Å². The van der Waals surface area contributed by atoms with E-state index in [0.717, 1.165) is 11.1 Å². The second kappa shape index (κ2) is 7.07. The molecule has 4 nitrogen and oxygen atoms in total. The van der Waals surface area contributed by atoms with Crippen LogP contribution in [-0.4, -0.2) is 17.0 Å². The van der Waals surface area contributed by atoms with Crippen molar-refractivity contribution < 1.29 is 9.59 Å². The van der Waals surface area contributed by atoms with Gasteiger partial charge in [-0.25, -0.2) is 0 Å². The van der Waals surface area contributed by atoms with Crippen LogP contribution < -0.4 is 5.32 Å². The summed E-state index contributed by atoms with van der Waals surface area (Å²) in [6.07, 6.45) is 1.56. The van der Waals surface area contributed by atoms with E-state index >= 15 is 0 Å². The monoisotopic (exact) mass is 322 g/mol. The van der Waals surface area contributed by atoms with Gasteiger partial charge in [-0.2, -0.15) is 4.99 Å². The lowest BCUT2D eigenvalue weighted by atomic mass is 10.1. The van der Waals surface area contributed by atoms with Gasteiger partial charge in [-0.05, 0) is 17.2 Å². The first-order chi connectivity index (χ1) is 11.2. The van der Waals surface area contributed by atoms with Gasteiger partial charge in [-0.1, -0.05) is 72.4 Å². The van der Waals surface area contributed by atoms with Gasteiger partial charge < -0.3 is 5.32 Å². The molecule has 23 heavy (non-hydrogen) atoms. The molecule has 0 spiro atoms. The van der Waals surface area contributed by atoms with Gasteiger partial charge in [-0.15, -0.1) is 0 Å². The molecular formula is C18H14N2O2S. The molecule has 0 radical (unpaired) electrons. The topological polar surface area (TPSA) is 58.5 Å². The van der Waals surface area contributed by atoms with Crippen LogP contribution >= 0.6 is 11.8 Å². The van der Waals surface area contributed by atoms with Crippen molar-refractivity contribution >= 4 is 34.8 Å². The van der Waals surface area contributed by atoms with E-state index in [1.54, 1.807) is 6.08 Å². The molecule has 1 heterocycles. The van der Waals surface area contributed by atoms with E-state index in [1.807, 2.05) is 60.7 Å². The number of nitrogens with zero attached hydrogens (tertiary/aromatic N) is 1. The van der Waals surface area contributed by atoms with Gasteiger partial charge in [0, 0.05) is 5.75 Å². The van der Waals surface area contributed by atoms with Crippen LogP contribution in [0, 0.1) is 0 Å². The number of nitrogens with one attached hydrogen (secondary N) is 1. The second-order valence-electron chi connectivity index (χ2n) is 4.92. The maximum absolute atomic E-state index is 12.1. The average Bonchev–Trinajstić information content (AvgIpc) is 2.58. The minimum atomic E-state index is -0.506. The van der Waals surface area contributed by atoms with Gasteiger partial charge in [0.15, 0.2) is 5.17 Å². The van der Waals surface area contributed by atoms with Crippen LogP contribution in [0.25, 0.3) is 6.08 Å². The third-order valence-electron chi connectivity index (χ3n) is 3.23. The summed E-state index contributed by atoms with van der Waals surface area (Å²) < 4.78 is 0. The summed E-state index contributed by atoms with van der Waals surface area (Å²) in [7, 11) is 0. The summed E-state index contributed by atoms with van der Waals surface area (Å²) in [5.74, 6) is -0.275. The fourth-order valence-electron chi connectivity index (χ4n) is 2.08. The molecule has 1 aliphatic heterocycles. The number of carbonyl (C=O) groups excluding carboxylic acids is 2. The molecule has 0 saturated heterocycles. The Morgan fingerprint density at radius 1 is 0.957 bits per heavy atom. The molecule has 114 valence electrons. The SMILES string of the molecule is O=C1N=C(SCc2ccccc2)NC(=O)/C1=C/c1ccccc1. The smallest absolute Gasteiger partial charge is 0.285 e. The molecule has 0 fully saturated rings. The zero-order chi connectivity index (χ0) is 16.1. The van der Waals surface area contributed by atoms with Gasteiger partial charge in [0.2, 0.25) is 0 Å². The second-order valence-corrected chi connectivity index (χ2v) is 5.88. The van der Waals surface area contributed by atoms with E-state index in [4.69, 9.17) is 0 Å². The van der Waals surface area contributed by atoms with Crippen LogP contribution in [0.3, 0.4) is 0 Å². The van der Waals surface area contributed by atoms with Crippen molar-refractivity contribution in [2.75, 3.05) is 0 Å².